The van der Waals surface area contributed by atoms with Crippen LogP contribution in [-0.2, 0) is 24.1 Å². The smallest absolute Gasteiger partial charge is 0.134 e. The molecule has 15 heavy (non-hydrogen) atoms. The molecule has 1 saturated heterocycles. The first-order chi connectivity index (χ1) is 7.43. The molecule has 0 saturated carbocycles. The topological polar surface area (TPSA) is 52.0 Å². The van der Waals surface area contributed by atoms with Gasteiger partial charge in [0, 0.05) is 32.0 Å². The number of aryl methyl sites for hydroxylation is 1. The van der Waals surface area contributed by atoms with Crippen LogP contribution in [0.15, 0.2) is 0 Å². The van der Waals surface area contributed by atoms with Gasteiger partial charge in [-0.25, -0.2) is 0 Å². The molecule has 82 valence electrons. The molecule has 3 heterocycles. The SMILES string of the molecule is C1Cc2nnc(CC3COCCN3)n2C1. The van der Waals surface area contributed by atoms with Gasteiger partial charge in [0.25, 0.3) is 0 Å². The number of nitrogens with one attached hydrogen (secondary N) is 1. The van der Waals surface area contributed by atoms with E-state index in [0.717, 1.165) is 50.8 Å². The highest BCUT2D eigenvalue weighted by molar-refractivity contribution is 5.02. The standard InChI is InChI=1S/C10H16N4O/c1-2-9-12-13-10(14(9)4-1)6-8-7-15-5-3-11-8/h8,11H,1-7H2. The number of hydrogen-bond donors (Lipinski definition) is 1. The largest absolute Gasteiger partial charge is 0.379 e. The Morgan fingerprint density at radius 1 is 1.47 bits per heavy atom. The predicted molar refractivity (Wildman–Crippen MR) is 54.7 cm³/mol. The van der Waals surface area contributed by atoms with Gasteiger partial charge in [0.1, 0.15) is 11.6 Å². The van der Waals surface area contributed by atoms with Gasteiger partial charge in [0.15, 0.2) is 0 Å². The molecule has 0 amide bonds. The molecule has 0 spiro atoms. The maximum atomic E-state index is 5.43. The lowest BCUT2D eigenvalue weighted by Gasteiger charge is -2.23. The fourth-order valence-corrected chi connectivity index (χ4v) is 2.33. The van der Waals surface area contributed by atoms with Gasteiger partial charge < -0.3 is 14.6 Å². The molecule has 5 heteroatoms. The minimum atomic E-state index is 0.410. The average molecular weight is 208 g/mol. The molecule has 0 aliphatic carbocycles. The van der Waals surface area contributed by atoms with Crippen LogP contribution >= 0.6 is 0 Å². The first-order valence-electron chi connectivity index (χ1n) is 5.65. The van der Waals surface area contributed by atoms with Crippen molar-refractivity contribution in [2.75, 3.05) is 19.8 Å². The summed E-state index contributed by atoms with van der Waals surface area (Å²) in [6.07, 6.45) is 3.24. The molecule has 5 nitrogen and oxygen atoms in total. The number of fused-ring (bicyclic) bond motifs is 1. The van der Waals surface area contributed by atoms with Gasteiger partial charge in [-0.1, -0.05) is 0 Å². The normalized spacial score (nSPS) is 25.5. The van der Waals surface area contributed by atoms with Gasteiger partial charge >= 0.3 is 0 Å². The van der Waals surface area contributed by atoms with Gasteiger partial charge in [0.2, 0.25) is 0 Å². The van der Waals surface area contributed by atoms with Crippen LogP contribution in [0.1, 0.15) is 18.1 Å². The summed E-state index contributed by atoms with van der Waals surface area (Å²) in [5.41, 5.74) is 0. The van der Waals surface area contributed by atoms with E-state index in [9.17, 15) is 0 Å². The number of ether oxygens (including phenoxy) is 1. The van der Waals surface area contributed by atoms with Crippen LogP contribution in [0.2, 0.25) is 0 Å². The van der Waals surface area contributed by atoms with Crippen LogP contribution < -0.4 is 5.32 Å². The maximum absolute atomic E-state index is 5.43. The average Bonchev–Trinajstić information content (AvgIpc) is 2.85. The summed E-state index contributed by atoms with van der Waals surface area (Å²) in [6, 6.07) is 0.410. The Bertz CT molecular complexity index is 343. The van der Waals surface area contributed by atoms with E-state index in [2.05, 4.69) is 20.1 Å². The lowest BCUT2D eigenvalue weighted by atomic mass is 10.2. The van der Waals surface area contributed by atoms with E-state index in [1.807, 2.05) is 0 Å². The molecule has 3 rings (SSSR count). The molecule has 1 aromatic rings. The fourth-order valence-electron chi connectivity index (χ4n) is 2.33. The van der Waals surface area contributed by atoms with E-state index in [1.54, 1.807) is 0 Å². The highest BCUT2D eigenvalue weighted by Gasteiger charge is 2.21. The first kappa shape index (κ1) is 9.30. The van der Waals surface area contributed by atoms with E-state index in [4.69, 9.17) is 4.74 Å². The zero-order valence-electron chi connectivity index (χ0n) is 8.78. The molecule has 0 radical (unpaired) electrons. The summed E-state index contributed by atoms with van der Waals surface area (Å²) in [4.78, 5) is 0. The third-order valence-corrected chi connectivity index (χ3v) is 3.11. The van der Waals surface area contributed by atoms with Crippen molar-refractivity contribution in [3.05, 3.63) is 11.6 Å². The van der Waals surface area contributed by atoms with Gasteiger partial charge in [-0.15, -0.1) is 10.2 Å². The molecule has 0 bridgehead atoms. The quantitative estimate of drug-likeness (QED) is 0.728. The minimum absolute atomic E-state index is 0.410. The first-order valence-corrected chi connectivity index (χ1v) is 5.65. The molecule has 1 aromatic heterocycles. The molecule has 0 aromatic carbocycles. The lowest BCUT2D eigenvalue weighted by Crippen LogP contribution is -2.43. The summed E-state index contributed by atoms with van der Waals surface area (Å²) in [5, 5.41) is 11.9. The van der Waals surface area contributed by atoms with Gasteiger partial charge in [-0.3, -0.25) is 0 Å². The molecule has 1 N–H and O–H groups in total. The summed E-state index contributed by atoms with van der Waals surface area (Å²) in [6.45, 7) is 3.66. The molecule has 1 fully saturated rings. The van der Waals surface area contributed by atoms with Crippen molar-refractivity contribution in [3.8, 4) is 0 Å². The van der Waals surface area contributed by atoms with E-state index < -0.39 is 0 Å². The van der Waals surface area contributed by atoms with Crippen molar-refractivity contribution in [1.29, 1.82) is 0 Å². The van der Waals surface area contributed by atoms with E-state index in [-0.39, 0.29) is 0 Å². The summed E-state index contributed by atoms with van der Waals surface area (Å²) < 4.78 is 7.69. The second kappa shape index (κ2) is 3.90. The van der Waals surface area contributed by atoms with Crippen LogP contribution in [0.3, 0.4) is 0 Å². The number of rotatable bonds is 2. The Morgan fingerprint density at radius 3 is 3.33 bits per heavy atom. The van der Waals surface area contributed by atoms with Gasteiger partial charge in [-0.2, -0.15) is 0 Å². The van der Waals surface area contributed by atoms with Crippen molar-refractivity contribution in [1.82, 2.24) is 20.1 Å². The Hall–Kier alpha value is -0.940. The van der Waals surface area contributed by atoms with Crippen molar-refractivity contribution in [2.45, 2.75) is 31.8 Å². The van der Waals surface area contributed by atoms with E-state index >= 15 is 0 Å². The predicted octanol–water partition coefficient (Wildman–Crippen LogP) is -0.245. The highest BCUT2D eigenvalue weighted by atomic mass is 16.5. The summed E-state index contributed by atoms with van der Waals surface area (Å²) in [7, 11) is 0. The summed E-state index contributed by atoms with van der Waals surface area (Å²) >= 11 is 0. The van der Waals surface area contributed by atoms with Crippen molar-refractivity contribution in [3.63, 3.8) is 0 Å². The molecule has 1 atom stereocenters. The van der Waals surface area contributed by atoms with Crippen molar-refractivity contribution in [2.24, 2.45) is 0 Å². The Morgan fingerprint density at radius 2 is 2.47 bits per heavy atom. The maximum Gasteiger partial charge on any atom is 0.134 e. The minimum Gasteiger partial charge on any atom is -0.379 e. The van der Waals surface area contributed by atoms with Crippen LogP contribution in [0.25, 0.3) is 0 Å². The number of nitrogens with zero attached hydrogens (tertiary/aromatic N) is 3. The molecule has 2 aliphatic heterocycles. The second-order valence-electron chi connectivity index (χ2n) is 4.22. The van der Waals surface area contributed by atoms with Crippen LogP contribution in [0.5, 0.6) is 0 Å². The molecular formula is C10H16N4O. The third-order valence-electron chi connectivity index (χ3n) is 3.11. The Labute approximate surface area is 88.8 Å². The number of hydrogen-bond acceptors (Lipinski definition) is 4. The van der Waals surface area contributed by atoms with Crippen molar-refractivity contribution < 1.29 is 4.74 Å². The zero-order chi connectivity index (χ0) is 10.1. The second-order valence-corrected chi connectivity index (χ2v) is 4.22. The third kappa shape index (κ3) is 1.77. The van der Waals surface area contributed by atoms with E-state index in [0.29, 0.717) is 6.04 Å². The zero-order valence-corrected chi connectivity index (χ0v) is 8.78. The summed E-state index contributed by atoms with van der Waals surface area (Å²) in [5.74, 6) is 2.27. The van der Waals surface area contributed by atoms with Crippen LogP contribution in [-0.4, -0.2) is 40.6 Å². The Balaban J connectivity index is 1.70. The van der Waals surface area contributed by atoms with E-state index in [1.165, 1.54) is 6.42 Å². The van der Waals surface area contributed by atoms with Crippen molar-refractivity contribution >= 4 is 0 Å². The molecular weight excluding hydrogens is 192 g/mol. The Kier molecular flexibility index (Phi) is 2.42. The highest BCUT2D eigenvalue weighted by Crippen LogP contribution is 2.15. The fraction of sp³-hybridized carbons (Fsp3) is 0.800. The van der Waals surface area contributed by atoms with Gasteiger partial charge in [-0.05, 0) is 6.42 Å². The van der Waals surface area contributed by atoms with Gasteiger partial charge in [0.05, 0.1) is 13.2 Å². The monoisotopic (exact) mass is 208 g/mol. The van der Waals surface area contributed by atoms with Crippen LogP contribution in [0, 0.1) is 0 Å². The lowest BCUT2D eigenvalue weighted by molar-refractivity contribution is 0.0761. The number of morpholine rings is 1. The van der Waals surface area contributed by atoms with Crippen LogP contribution in [0.4, 0.5) is 0 Å². The number of aromatic nitrogens is 3. The molecule has 2 aliphatic rings. The molecule has 1 unspecified atom stereocenters.